The van der Waals surface area contributed by atoms with E-state index >= 15 is 0 Å². The maximum absolute atomic E-state index is 12.5. The number of benzene rings is 2. The van der Waals surface area contributed by atoms with E-state index in [-0.39, 0.29) is 35.8 Å². The number of methoxy groups -OCH3 is 1. The lowest BCUT2D eigenvalue weighted by atomic mass is 10.2. The van der Waals surface area contributed by atoms with Crippen LogP contribution in [0.2, 0.25) is 0 Å². The van der Waals surface area contributed by atoms with Gasteiger partial charge in [0.15, 0.2) is 0 Å². The molecule has 3 amide bonds. The van der Waals surface area contributed by atoms with Gasteiger partial charge in [-0.15, -0.1) is 0 Å². The van der Waals surface area contributed by atoms with Crippen LogP contribution in [0.3, 0.4) is 0 Å². The second-order valence-corrected chi connectivity index (χ2v) is 7.30. The lowest BCUT2D eigenvalue weighted by Crippen LogP contribution is -2.29. The summed E-state index contributed by atoms with van der Waals surface area (Å²) in [6.45, 7) is 0.165. The Bertz CT molecular complexity index is 956. The Hall–Kier alpha value is -3.26. The Morgan fingerprint density at radius 1 is 1.21 bits per heavy atom. The topological polar surface area (TPSA) is 95.9 Å². The lowest BCUT2D eigenvalue weighted by molar-refractivity contribution is -0.123. The molecular formula is C21H20N2O5S. The molecule has 150 valence electrons. The highest BCUT2D eigenvalue weighted by Crippen LogP contribution is 2.32. The summed E-state index contributed by atoms with van der Waals surface area (Å²) in [5.41, 5.74) is 1.28. The third-order valence-corrected chi connectivity index (χ3v) is 5.11. The predicted molar refractivity (Wildman–Crippen MR) is 112 cm³/mol. The van der Waals surface area contributed by atoms with Crippen LogP contribution in [0, 0.1) is 0 Å². The number of carbonyl (C=O) groups is 3. The van der Waals surface area contributed by atoms with Crippen molar-refractivity contribution < 1.29 is 24.2 Å². The number of hydrogen-bond donors (Lipinski definition) is 2. The van der Waals surface area contributed by atoms with Crippen molar-refractivity contribution in [3.05, 3.63) is 59.0 Å². The number of amides is 3. The van der Waals surface area contributed by atoms with Crippen molar-refractivity contribution in [1.29, 1.82) is 0 Å². The molecule has 0 atom stereocenters. The third kappa shape index (κ3) is 5.39. The van der Waals surface area contributed by atoms with E-state index in [0.717, 1.165) is 22.2 Å². The van der Waals surface area contributed by atoms with Gasteiger partial charge in [0.25, 0.3) is 11.1 Å². The van der Waals surface area contributed by atoms with E-state index in [4.69, 9.17) is 4.74 Å². The van der Waals surface area contributed by atoms with Gasteiger partial charge in [-0.2, -0.15) is 0 Å². The Balaban J connectivity index is 1.53. The first-order valence-electron chi connectivity index (χ1n) is 8.94. The monoisotopic (exact) mass is 412 g/mol. The Labute approximate surface area is 172 Å². The summed E-state index contributed by atoms with van der Waals surface area (Å²) in [5.74, 6) is 0.157. The molecule has 8 heteroatoms. The van der Waals surface area contributed by atoms with Crippen LogP contribution in [0.1, 0.15) is 18.4 Å². The number of nitrogens with zero attached hydrogens (tertiary/aromatic N) is 1. The van der Waals surface area contributed by atoms with Crippen LogP contribution in [0.15, 0.2) is 53.4 Å². The molecule has 1 fully saturated rings. The zero-order valence-corrected chi connectivity index (χ0v) is 16.6. The van der Waals surface area contributed by atoms with E-state index in [1.165, 1.54) is 12.1 Å². The highest BCUT2D eigenvalue weighted by molar-refractivity contribution is 8.18. The van der Waals surface area contributed by atoms with Gasteiger partial charge < -0.3 is 15.2 Å². The molecule has 29 heavy (non-hydrogen) atoms. The zero-order valence-electron chi connectivity index (χ0n) is 15.8. The minimum atomic E-state index is -0.357. The Kier molecular flexibility index (Phi) is 6.56. The highest BCUT2D eigenvalue weighted by atomic mass is 32.2. The number of phenolic OH excluding ortho intramolecular Hbond substituents is 1. The molecule has 0 saturated carbocycles. The van der Waals surface area contributed by atoms with Crippen molar-refractivity contribution >= 4 is 40.6 Å². The first-order valence-corrected chi connectivity index (χ1v) is 9.76. The first kappa shape index (κ1) is 20.5. The zero-order chi connectivity index (χ0) is 20.8. The maximum atomic E-state index is 12.5. The molecule has 0 aliphatic carbocycles. The predicted octanol–water partition coefficient (Wildman–Crippen LogP) is 3.86. The summed E-state index contributed by atoms with van der Waals surface area (Å²) in [6.07, 6.45) is 2.16. The van der Waals surface area contributed by atoms with Gasteiger partial charge in [-0.05, 0) is 54.1 Å². The van der Waals surface area contributed by atoms with Gasteiger partial charge in [0.2, 0.25) is 5.91 Å². The molecule has 1 saturated heterocycles. The number of ether oxygens (including phenoxy) is 1. The number of rotatable bonds is 7. The normalized spacial score (nSPS) is 15.1. The lowest BCUT2D eigenvalue weighted by Gasteiger charge is -2.12. The molecule has 3 rings (SSSR count). The maximum Gasteiger partial charge on any atom is 0.293 e. The van der Waals surface area contributed by atoms with Crippen molar-refractivity contribution in [3.63, 3.8) is 0 Å². The fourth-order valence-corrected chi connectivity index (χ4v) is 3.61. The van der Waals surface area contributed by atoms with E-state index in [1.807, 2.05) is 0 Å². The van der Waals surface area contributed by atoms with E-state index < -0.39 is 0 Å². The van der Waals surface area contributed by atoms with Crippen molar-refractivity contribution in [3.8, 4) is 11.5 Å². The van der Waals surface area contributed by atoms with Gasteiger partial charge in [-0.3, -0.25) is 19.3 Å². The smallest absolute Gasteiger partial charge is 0.293 e. The minimum Gasteiger partial charge on any atom is -0.508 e. The largest absolute Gasteiger partial charge is 0.508 e. The quantitative estimate of drug-likeness (QED) is 0.671. The molecule has 0 radical (unpaired) electrons. The summed E-state index contributed by atoms with van der Waals surface area (Å²) in [5, 5.41) is 11.7. The fourth-order valence-electron chi connectivity index (χ4n) is 2.75. The number of anilines is 1. The Morgan fingerprint density at radius 3 is 2.66 bits per heavy atom. The van der Waals surface area contributed by atoms with Crippen molar-refractivity contribution in [2.45, 2.75) is 12.8 Å². The number of imide groups is 1. The van der Waals surface area contributed by atoms with Gasteiger partial charge in [0, 0.05) is 24.7 Å². The number of phenols is 1. The van der Waals surface area contributed by atoms with Gasteiger partial charge in [0.05, 0.1) is 12.0 Å². The molecular weight excluding hydrogens is 392 g/mol. The van der Waals surface area contributed by atoms with Crippen LogP contribution in [0.4, 0.5) is 10.5 Å². The summed E-state index contributed by atoms with van der Waals surface area (Å²) in [7, 11) is 1.57. The molecule has 0 spiro atoms. The van der Waals surface area contributed by atoms with Crippen LogP contribution in [-0.2, 0) is 9.59 Å². The van der Waals surface area contributed by atoms with E-state index in [1.54, 1.807) is 49.6 Å². The van der Waals surface area contributed by atoms with E-state index in [9.17, 15) is 19.5 Å². The molecule has 2 aromatic rings. The van der Waals surface area contributed by atoms with Crippen molar-refractivity contribution in [1.82, 2.24) is 4.90 Å². The molecule has 1 heterocycles. The standard InChI is InChI=1S/C21H20N2O5S/c1-28-17-9-7-14(8-10-17)12-18-20(26)23(21(27)29-18)11-3-6-19(25)22-15-4-2-5-16(24)13-15/h2,4-5,7-10,12-13,24H,3,6,11H2,1H3,(H,22,25). The second kappa shape index (κ2) is 9.29. The second-order valence-electron chi connectivity index (χ2n) is 6.31. The minimum absolute atomic E-state index is 0.0595. The van der Waals surface area contributed by atoms with Crippen LogP contribution >= 0.6 is 11.8 Å². The number of nitrogens with one attached hydrogen (secondary N) is 1. The molecule has 0 bridgehead atoms. The fraction of sp³-hybridized carbons (Fsp3) is 0.190. The molecule has 7 nitrogen and oxygen atoms in total. The molecule has 0 aromatic heterocycles. The van der Waals surface area contributed by atoms with E-state index in [0.29, 0.717) is 22.8 Å². The molecule has 2 N–H and O–H groups in total. The third-order valence-electron chi connectivity index (χ3n) is 4.20. The van der Waals surface area contributed by atoms with Gasteiger partial charge in [-0.1, -0.05) is 18.2 Å². The molecule has 1 aliphatic rings. The number of hydrogen-bond acceptors (Lipinski definition) is 6. The van der Waals surface area contributed by atoms with Crippen LogP contribution in [-0.4, -0.2) is 40.7 Å². The summed E-state index contributed by atoms with van der Waals surface area (Å²) in [4.78, 5) is 38.2. The summed E-state index contributed by atoms with van der Waals surface area (Å²) >= 11 is 0.889. The SMILES string of the molecule is COc1ccc(C=C2SC(=O)N(CCCC(=O)Nc3cccc(O)c3)C2=O)cc1. The van der Waals surface area contributed by atoms with Crippen LogP contribution in [0.5, 0.6) is 11.5 Å². The average molecular weight is 412 g/mol. The van der Waals surface area contributed by atoms with Crippen molar-refractivity contribution in [2.75, 3.05) is 19.0 Å². The van der Waals surface area contributed by atoms with Crippen molar-refractivity contribution in [2.24, 2.45) is 0 Å². The average Bonchev–Trinajstić information content (AvgIpc) is 2.96. The number of thioether (sulfide) groups is 1. The van der Waals surface area contributed by atoms with Crippen LogP contribution in [0.25, 0.3) is 6.08 Å². The van der Waals surface area contributed by atoms with Crippen LogP contribution < -0.4 is 10.1 Å². The summed E-state index contributed by atoms with van der Waals surface area (Å²) in [6, 6.07) is 13.4. The molecule has 1 aliphatic heterocycles. The first-order chi connectivity index (χ1) is 14.0. The highest BCUT2D eigenvalue weighted by Gasteiger charge is 2.34. The Morgan fingerprint density at radius 2 is 1.97 bits per heavy atom. The number of aromatic hydroxyl groups is 1. The number of carbonyl (C=O) groups excluding carboxylic acids is 3. The van der Waals surface area contributed by atoms with Gasteiger partial charge in [0.1, 0.15) is 11.5 Å². The summed E-state index contributed by atoms with van der Waals surface area (Å²) < 4.78 is 5.10. The van der Waals surface area contributed by atoms with E-state index in [2.05, 4.69) is 5.32 Å². The molecule has 2 aromatic carbocycles. The van der Waals surface area contributed by atoms with Gasteiger partial charge >= 0.3 is 0 Å². The van der Waals surface area contributed by atoms with Gasteiger partial charge in [-0.25, -0.2) is 0 Å². The molecule has 0 unspecified atom stereocenters.